The summed E-state index contributed by atoms with van der Waals surface area (Å²) in [4.78, 5) is 11.3. The van der Waals surface area contributed by atoms with Crippen molar-refractivity contribution in [2.75, 3.05) is 0 Å². The number of benzene rings is 1. The van der Waals surface area contributed by atoms with Crippen LogP contribution in [0.5, 0.6) is 0 Å². The molecular formula is C13H11FN4O2. The number of hydrogen-bond acceptors (Lipinski definition) is 4. The standard InChI is InChI=1S/C13H11FN4O2/c14-9-2-1-8-3-4-18(12(8)5-9)7-10-6-11(17-20-10)13(19)16-15/h1-6H,7,15H2,(H,16,19). The summed E-state index contributed by atoms with van der Waals surface area (Å²) in [6.07, 6.45) is 1.81. The molecule has 0 unspecified atom stereocenters. The SMILES string of the molecule is NNC(=O)c1cc(Cn2ccc3ccc(F)cc32)on1. The maximum atomic E-state index is 13.3. The van der Waals surface area contributed by atoms with Crippen LogP contribution in [-0.2, 0) is 6.54 Å². The van der Waals surface area contributed by atoms with Crippen LogP contribution in [0.1, 0.15) is 16.2 Å². The topological polar surface area (TPSA) is 86.1 Å². The van der Waals surface area contributed by atoms with Crippen molar-refractivity contribution >= 4 is 16.8 Å². The molecule has 7 heteroatoms. The zero-order valence-corrected chi connectivity index (χ0v) is 10.3. The Morgan fingerprint density at radius 1 is 1.40 bits per heavy atom. The number of hydrogen-bond donors (Lipinski definition) is 2. The van der Waals surface area contributed by atoms with Gasteiger partial charge in [-0.3, -0.25) is 10.2 Å². The van der Waals surface area contributed by atoms with Crippen LogP contribution in [0.3, 0.4) is 0 Å². The fourth-order valence-electron chi connectivity index (χ4n) is 2.03. The Morgan fingerprint density at radius 2 is 2.25 bits per heavy atom. The zero-order chi connectivity index (χ0) is 14.1. The highest BCUT2D eigenvalue weighted by molar-refractivity contribution is 5.91. The van der Waals surface area contributed by atoms with Gasteiger partial charge < -0.3 is 9.09 Å². The molecular weight excluding hydrogens is 263 g/mol. The summed E-state index contributed by atoms with van der Waals surface area (Å²) in [5, 5.41) is 4.53. The molecule has 20 heavy (non-hydrogen) atoms. The molecule has 0 saturated carbocycles. The van der Waals surface area contributed by atoms with Gasteiger partial charge in [-0.25, -0.2) is 10.2 Å². The molecule has 0 aliphatic heterocycles. The van der Waals surface area contributed by atoms with Crippen molar-refractivity contribution in [1.82, 2.24) is 15.1 Å². The number of hydrazine groups is 1. The van der Waals surface area contributed by atoms with E-state index in [-0.39, 0.29) is 11.5 Å². The lowest BCUT2D eigenvalue weighted by molar-refractivity contribution is 0.0944. The number of fused-ring (bicyclic) bond motifs is 1. The number of nitrogen functional groups attached to an aromatic ring is 1. The lowest BCUT2D eigenvalue weighted by Gasteiger charge is -2.01. The molecule has 0 fully saturated rings. The van der Waals surface area contributed by atoms with Crippen molar-refractivity contribution in [2.24, 2.45) is 5.84 Å². The minimum absolute atomic E-state index is 0.102. The molecule has 3 aromatic rings. The number of carbonyl (C=O) groups is 1. The number of nitrogens with one attached hydrogen (secondary N) is 1. The van der Waals surface area contributed by atoms with E-state index in [2.05, 4.69) is 5.16 Å². The molecule has 0 radical (unpaired) electrons. The molecule has 0 saturated heterocycles. The van der Waals surface area contributed by atoms with Crippen LogP contribution in [0.25, 0.3) is 10.9 Å². The largest absolute Gasteiger partial charge is 0.359 e. The summed E-state index contributed by atoms with van der Waals surface area (Å²) < 4.78 is 20.1. The van der Waals surface area contributed by atoms with Gasteiger partial charge in [0.05, 0.1) is 12.1 Å². The van der Waals surface area contributed by atoms with Crippen molar-refractivity contribution in [3.8, 4) is 0 Å². The molecule has 0 atom stereocenters. The maximum Gasteiger partial charge on any atom is 0.287 e. The first kappa shape index (κ1) is 12.4. The van der Waals surface area contributed by atoms with Gasteiger partial charge in [0.25, 0.3) is 5.91 Å². The summed E-state index contributed by atoms with van der Waals surface area (Å²) in [6.45, 7) is 0.345. The lowest BCUT2D eigenvalue weighted by Crippen LogP contribution is -2.30. The summed E-state index contributed by atoms with van der Waals surface area (Å²) in [6, 6.07) is 7.92. The first-order chi connectivity index (χ1) is 9.67. The number of nitrogens with two attached hydrogens (primary N) is 1. The fraction of sp³-hybridized carbons (Fsp3) is 0.0769. The minimum atomic E-state index is -0.525. The average molecular weight is 274 g/mol. The van der Waals surface area contributed by atoms with Gasteiger partial charge in [0.15, 0.2) is 11.5 Å². The first-order valence-electron chi connectivity index (χ1n) is 5.88. The van der Waals surface area contributed by atoms with Gasteiger partial charge >= 0.3 is 0 Å². The van der Waals surface area contributed by atoms with Crippen LogP contribution in [0.15, 0.2) is 41.1 Å². The predicted octanol–water partition coefficient (Wildman–Crippen LogP) is 1.42. The lowest BCUT2D eigenvalue weighted by atomic mass is 10.2. The molecule has 2 aromatic heterocycles. The normalized spacial score (nSPS) is 10.9. The van der Waals surface area contributed by atoms with Crippen LogP contribution < -0.4 is 11.3 Å². The van der Waals surface area contributed by atoms with Gasteiger partial charge in [0.1, 0.15) is 5.82 Å². The second kappa shape index (κ2) is 4.78. The Balaban J connectivity index is 1.91. The maximum absolute atomic E-state index is 13.3. The van der Waals surface area contributed by atoms with Gasteiger partial charge in [-0.05, 0) is 29.7 Å². The Kier molecular flexibility index (Phi) is 2.96. The van der Waals surface area contributed by atoms with E-state index in [0.717, 1.165) is 10.9 Å². The van der Waals surface area contributed by atoms with E-state index in [9.17, 15) is 9.18 Å². The molecule has 0 aliphatic rings. The summed E-state index contributed by atoms with van der Waals surface area (Å²) in [7, 11) is 0. The molecule has 1 aromatic carbocycles. The Bertz CT molecular complexity index is 778. The molecule has 6 nitrogen and oxygen atoms in total. The van der Waals surface area contributed by atoms with Gasteiger partial charge in [-0.15, -0.1) is 0 Å². The molecule has 2 heterocycles. The highest BCUT2D eigenvalue weighted by Crippen LogP contribution is 2.18. The third-order valence-corrected chi connectivity index (χ3v) is 2.98. The Hall–Kier alpha value is -2.67. The molecule has 1 amide bonds. The van der Waals surface area contributed by atoms with E-state index in [1.54, 1.807) is 6.07 Å². The fourth-order valence-corrected chi connectivity index (χ4v) is 2.03. The zero-order valence-electron chi connectivity index (χ0n) is 10.3. The van der Waals surface area contributed by atoms with Gasteiger partial charge in [-0.2, -0.15) is 0 Å². The van der Waals surface area contributed by atoms with Gasteiger partial charge in [0.2, 0.25) is 0 Å². The highest BCUT2D eigenvalue weighted by atomic mass is 19.1. The Labute approximate surface area is 112 Å². The molecule has 3 rings (SSSR count). The smallest absolute Gasteiger partial charge is 0.287 e. The van der Waals surface area contributed by atoms with E-state index < -0.39 is 5.91 Å². The number of halogens is 1. The second-order valence-corrected chi connectivity index (χ2v) is 4.30. The predicted molar refractivity (Wildman–Crippen MR) is 69.2 cm³/mol. The van der Waals surface area contributed by atoms with Crippen molar-refractivity contribution in [1.29, 1.82) is 0 Å². The number of nitrogens with zero attached hydrogens (tertiary/aromatic N) is 2. The third kappa shape index (κ3) is 2.14. The number of rotatable bonds is 3. The molecule has 102 valence electrons. The number of carbonyl (C=O) groups excluding carboxylic acids is 1. The molecule has 0 aliphatic carbocycles. The van der Waals surface area contributed by atoms with Crippen molar-refractivity contribution in [3.63, 3.8) is 0 Å². The van der Waals surface area contributed by atoms with Gasteiger partial charge in [0, 0.05) is 12.3 Å². The second-order valence-electron chi connectivity index (χ2n) is 4.30. The average Bonchev–Trinajstić information content (AvgIpc) is 3.06. The quantitative estimate of drug-likeness (QED) is 0.429. The van der Waals surface area contributed by atoms with Crippen LogP contribution in [0.2, 0.25) is 0 Å². The molecule has 3 N–H and O–H groups in total. The van der Waals surface area contributed by atoms with E-state index in [1.165, 1.54) is 18.2 Å². The van der Waals surface area contributed by atoms with E-state index >= 15 is 0 Å². The van der Waals surface area contributed by atoms with Crippen LogP contribution in [-0.4, -0.2) is 15.6 Å². The van der Waals surface area contributed by atoms with Crippen molar-refractivity contribution < 1.29 is 13.7 Å². The van der Waals surface area contributed by atoms with E-state index in [0.29, 0.717) is 12.3 Å². The third-order valence-electron chi connectivity index (χ3n) is 2.98. The molecule has 0 bridgehead atoms. The van der Waals surface area contributed by atoms with Crippen LogP contribution in [0, 0.1) is 5.82 Å². The molecule has 0 spiro atoms. The number of aromatic nitrogens is 2. The summed E-state index contributed by atoms with van der Waals surface area (Å²) in [5.41, 5.74) is 2.82. The van der Waals surface area contributed by atoms with Crippen molar-refractivity contribution in [3.05, 3.63) is 53.8 Å². The highest BCUT2D eigenvalue weighted by Gasteiger charge is 2.12. The monoisotopic (exact) mass is 274 g/mol. The van der Waals surface area contributed by atoms with E-state index in [1.807, 2.05) is 22.3 Å². The minimum Gasteiger partial charge on any atom is -0.359 e. The summed E-state index contributed by atoms with van der Waals surface area (Å²) in [5.74, 6) is 4.66. The van der Waals surface area contributed by atoms with Crippen LogP contribution >= 0.6 is 0 Å². The van der Waals surface area contributed by atoms with Crippen molar-refractivity contribution in [2.45, 2.75) is 6.54 Å². The summed E-state index contributed by atoms with van der Waals surface area (Å²) >= 11 is 0. The Morgan fingerprint density at radius 3 is 3.05 bits per heavy atom. The van der Waals surface area contributed by atoms with Gasteiger partial charge in [-0.1, -0.05) is 5.16 Å². The number of amides is 1. The van der Waals surface area contributed by atoms with E-state index in [4.69, 9.17) is 10.4 Å². The van der Waals surface area contributed by atoms with Crippen LogP contribution in [0.4, 0.5) is 4.39 Å². The first-order valence-corrected chi connectivity index (χ1v) is 5.88.